The van der Waals surface area contributed by atoms with Gasteiger partial charge in [-0.15, -0.1) is 0 Å². The molecular formula is C46H28. The second kappa shape index (κ2) is 9.76. The van der Waals surface area contributed by atoms with Gasteiger partial charge in [-0.05, 0) is 104 Å². The summed E-state index contributed by atoms with van der Waals surface area (Å²) in [5.41, 5.74) is 7.52. The van der Waals surface area contributed by atoms with Crippen LogP contribution in [0.5, 0.6) is 0 Å². The molecule has 10 aromatic rings. The van der Waals surface area contributed by atoms with Crippen molar-refractivity contribution in [1.29, 1.82) is 0 Å². The molecule has 0 aliphatic carbocycles. The zero-order valence-corrected chi connectivity index (χ0v) is 25.2. The van der Waals surface area contributed by atoms with Crippen LogP contribution in [0.1, 0.15) is 0 Å². The normalized spacial score (nSPS) is 11.9. The molecule has 0 fully saturated rings. The van der Waals surface area contributed by atoms with Crippen molar-refractivity contribution >= 4 is 64.6 Å². The monoisotopic (exact) mass is 580 g/mol. The van der Waals surface area contributed by atoms with Crippen LogP contribution in [0.3, 0.4) is 0 Å². The summed E-state index contributed by atoms with van der Waals surface area (Å²) >= 11 is 0. The van der Waals surface area contributed by atoms with Gasteiger partial charge in [0.1, 0.15) is 0 Å². The zero-order valence-electron chi connectivity index (χ0n) is 25.2. The maximum Gasteiger partial charge on any atom is -0.00203 e. The highest BCUT2D eigenvalue weighted by atomic mass is 14.2. The van der Waals surface area contributed by atoms with Gasteiger partial charge in [0.15, 0.2) is 0 Å². The van der Waals surface area contributed by atoms with E-state index in [0.717, 1.165) is 0 Å². The van der Waals surface area contributed by atoms with Crippen LogP contribution in [0.2, 0.25) is 0 Å². The predicted molar refractivity (Wildman–Crippen MR) is 199 cm³/mol. The van der Waals surface area contributed by atoms with E-state index in [4.69, 9.17) is 0 Å². The SMILES string of the molecule is c1ccc(-c2ccc3ccc4c(-c5ccc(-c6ccc7c8ccccc8c8ccccc8c7c6)cc5)ccc5ccc2c3c54)cc1. The zero-order chi connectivity index (χ0) is 30.2. The van der Waals surface area contributed by atoms with E-state index in [-0.39, 0.29) is 0 Å². The standard InChI is InChI=1S/C46H28/c1-2-8-30(9-3-1)35-23-18-32-21-27-43-36(24-19-33-20-26-42(35)45(32)46(33)43)31-16-14-29(15-17-31)34-22-25-41-39-12-5-4-10-37(39)38-11-6-7-13-40(38)44(41)28-34/h1-28H. The third kappa shape index (κ3) is 3.68. The fourth-order valence-electron chi connectivity index (χ4n) is 7.85. The molecule has 0 unspecified atom stereocenters. The Bertz CT molecular complexity index is 2730. The summed E-state index contributed by atoms with van der Waals surface area (Å²) in [6.45, 7) is 0. The van der Waals surface area contributed by atoms with E-state index >= 15 is 0 Å². The van der Waals surface area contributed by atoms with Crippen molar-refractivity contribution in [2.75, 3.05) is 0 Å². The van der Waals surface area contributed by atoms with Crippen molar-refractivity contribution in [3.05, 3.63) is 170 Å². The fraction of sp³-hybridized carbons (Fsp3) is 0. The summed E-state index contributed by atoms with van der Waals surface area (Å²) in [5, 5.41) is 15.7. The number of benzene rings is 10. The Morgan fingerprint density at radius 3 is 1.17 bits per heavy atom. The number of hydrogen-bond acceptors (Lipinski definition) is 0. The van der Waals surface area contributed by atoms with E-state index in [2.05, 4.69) is 170 Å². The lowest BCUT2D eigenvalue weighted by Crippen LogP contribution is -1.89. The summed E-state index contributed by atoms with van der Waals surface area (Å²) < 4.78 is 0. The van der Waals surface area contributed by atoms with E-state index in [1.807, 2.05) is 0 Å². The Balaban J connectivity index is 1.11. The molecule has 0 saturated carbocycles. The Morgan fingerprint density at radius 1 is 0.217 bits per heavy atom. The molecule has 0 N–H and O–H groups in total. The first-order valence-corrected chi connectivity index (χ1v) is 16.0. The van der Waals surface area contributed by atoms with Gasteiger partial charge in [-0.25, -0.2) is 0 Å². The van der Waals surface area contributed by atoms with Crippen molar-refractivity contribution in [1.82, 2.24) is 0 Å². The molecule has 10 rings (SSSR count). The topological polar surface area (TPSA) is 0 Å². The van der Waals surface area contributed by atoms with Gasteiger partial charge in [0.2, 0.25) is 0 Å². The summed E-state index contributed by atoms with van der Waals surface area (Å²) in [4.78, 5) is 0. The molecule has 46 heavy (non-hydrogen) atoms. The summed E-state index contributed by atoms with van der Waals surface area (Å²) in [6.07, 6.45) is 0. The number of fused-ring (bicyclic) bond motifs is 6. The molecule has 0 spiro atoms. The van der Waals surface area contributed by atoms with Crippen LogP contribution in [0.15, 0.2) is 170 Å². The smallest absolute Gasteiger partial charge is 0.00203 e. The average Bonchev–Trinajstić information content (AvgIpc) is 3.14. The molecule has 0 aliphatic rings. The molecule has 0 amide bonds. The van der Waals surface area contributed by atoms with Crippen molar-refractivity contribution in [2.45, 2.75) is 0 Å². The Labute approximate surface area is 267 Å². The highest BCUT2D eigenvalue weighted by molar-refractivity contribution is 6.28. The molecule has 0 bridgehead atoms. The first kappa shape index (κ1) is 25.4. The average molecular weight is 581 g/mol. The lowest BCUT2D eigenvalue weighted by Gasteiger charge is -2.17. The maximum absolute atomic E-state index is 2.37. The maximum atomic E-state index is 2.37. The Morgan fingerprint density at radius 2 is 0.609 bits per heavy atom. The van der Waals surface area contributed by atoms with Crippen molar-refractivity contribution < 1.29 is 0 Å². The number of rotatable bonds is 3. The molecule has 10 aromatic carbocycles. The van der Waals surface area contributed by atoms with Gasteiger partial charge in [0.25, 0.3) is 0 Å². The van der Waals surface area contributed by atoms with Crippen molar-refractivity contribution in [3.8, 4) is 33.4 Å². The third-order valence-corrected chi connectivity index (χ3v) is 10.0. The Hall–Kier alpha value is -5.98. The van der Waals surface area contributed by atoms with Crippen LogP contribution in [0, 0.1) is 0 Å². The third-order valence-electron chi connectivity index (χ3n) is 10.0. The molecule has 0 nitrogen and oxygen atoms in total. The quantitative estimate of drug-likeness (QED) is 0.182. The van der Waals surface area contributed by atoms with Gasteiger partial charge < -0.3 is 0 Å². The van der Waals surface area contributed by atoms with Crippen LogP contribution >= 0.6 is 0 Å². The van der Waals surface area contributed by atoms with Gasteiger partial charge in [-0.1, -0.05) is 164 Å². The molecular weight excluding hydrogens is 553 g/mol. The lowest BCUT2D eigenvalue weighted by atomic mass is 9.87. The fourth-order valence-corrected chi connectivity index (χ4v) is 7.85. The van der Waals surface area contributed by atoms with Crippen molar-refractivity contribution in [2.24, 2.45) is 0 Å². The van der Waals surface area contributed by atoms with E-state index < -0.39 is 0 Å². The van der Waals surface area contributed by atoms with Gasteiger partial charge >= 0.3 is 0 Å². The molecule has 212 valence electrons. The van der Waals surface area contributed by atoms with E-state index in [1.165, 1.54) is 98.0 Å². The minimum atomic E-state index is 1.23. The molecule has 0 saturated heterocycles. The largest absolute Gasteiger partial charge is 0.0622 e. The minimum Gasteiger partial charge on any atom is -0.0622 e. The van der Waals surface area contributed by atoms with Gasteiger partial charge in [-0.2, -0.15) is 0 Å². The second-order valence-electron chi connectivity index (χ2n) is 12.4. The van der Waals surface area contributed by atoms with Crippen LogP contribution in [0.25, 0.3) is 98.0 Å². The number of hydrogen-bond donors (Lipinski definition) is 0. The molecule has 0 atom stereocenters. The second-order valence-corrected chi connectivity index (χ2v) is 12.4. The van der Waals surface area contributed by atoms with Crippen molar-refractivity contribution in [3.63, 3.8) is 0 Å². The van der Waals surface area contributed by atoms with Gasteiger partial charge in [-0.3, -0.25) is 0 Å². The van der Waals surface area contributed by atoms with E-state index in [0.29, 0.717) is 0 Å². The predicted octanol–water partition coefficient (Wildman–Crippen LogP) is 13.0. The summed E-state index contributed by atoms with van der Waals surface area (Å²) in [7, 11) is 0. The molecule has 0 aromatic heterocycles. The summed E-state index contributed by atoms with van der Waals surface area (Å²) in [5.74, 6) is 0. The molecule has 0 heteroatoms. The van der Waals surface area contributed by atoms with Gasteiger partial charge in [0, 0.05) is 0 Å². The highest BCUT2D eigenvalue weighted by Crippen LogP contribution is 2.43. The minimum absolute atomic E-state index is 1.23. The first-order chi connectivity index (χ1) is 22.8. The summed E-state index contributed by atoms with van der Waals surface area (Å²) in [6, 6.07) is 62.7. The molecule has 0 aliphatic heterocycles. The first-order valence-electron chi connectivity index (χ1n) is 16.0. The molecule has 0 radical (unpaired) electrons. The van der Waals surface area contributed by atoms with E-state index in [9.17, 15) is 0 Å². The van der Waals surface area contributed by atoms with Crippen LogP contribution in [0.4, 0.5) is 0 Å². The lowest BCUT2D eigenvalue weighted by molar-refractivity contribution is 1.63. The van der Waals surface area contributed by atoms with E-state index in [1.54, 1.807) is 0 Å². The highest BCUT2D eigenvalue weighted by Gasteiger charge is 2.15. The molecule has 0 heterocycles. The van der Waals surface area contributed by atoms with Crippen LogP contribution in [-0.2, 0) is 0 Å². The van der Waals surface area contributed by atoms with Crippen LogP contribution < -0.4 is 0 Å². The van der Waals surface area contributed by atoms with Crippen LogP contribution in [-0.4, -0.2) is 0 Å². The Kier molecular flexibility index (Phi) is 5.38. The van der Waals surface area contributed by atoms with Gasteiger partial charge in [0.05, 0.1) is 0 Å².